The van der Waals surface area contributed by atoms with Gasteiger partial charge in [0.25, 0.3) is 5.56 Å². The van der Waals surface area contributed by atoms with Gasteiger partial charge in [-0.3, -0.25) is 14.2 Å². The molecule has 0 radical (unpaired) electrons. The molecule has 6 heteroatoms. The number of nitrogens with one attached hydrogen (secondary N) is 1. The fraction of sp³-hybridized carbons (Fsp3) is 0.571. The molecule has 146 valence electrons. The maximum absolute atomic E-state index is 12.5. The van der Waals surface area contributed by atoms with E-state index >= 15 is 0 Å². The molecule has 27 heavy (non-hydrogen) atoms. The minimum atomic E-state index is -0.0855. The molecule has 0 saturated carbocycles. The van der Waals surface area contributed by atoms with Crippen LogP contribution in [0.25, 0.3) is 10.9 Å². The number of hydrogen-bond acceptors (Lipinski definition) is 4. The van der Waals surface area contributed by atoms with Gasteiger partial charge in [-0.15, -0.1) is 0 Å². The number of fused-ring (bicyclic) bond motifs is 1. The normalized spacial score (nSPS) is 15.6. The van der Waals surface area contributed by atoms with Gasteiger partial charge in [-0.05, 0) is 57.5 Å². The van der Waals surface area contributed by atoms with Gasteiger partial charge in [0.1, 0.15) is 0 Å². The van der Waals surface area contributed by atoms with E-state index in [-0.39, 0.29) is 11.5 Å². The summed E-state index contributed by atoms with van der Waals surface area (Å²) in [6, 6.07) is 5.59. The van der Waals surface area contributed by atoms with Crippen molar-refractivity contribution < 1.29 is 4.79 Å². The Morgan fingerprint density at radius 2 is 1.93 bits per heavy atom. The van der Waals surface area contributed by atoms with Crippen LogP contribution in [0.2, 0.25) is 0 Å². The van der Waals surface area contributed by atoms with E-state index in [2.05, 4.69) is 15.2 Å². The lowest BCUT2D eigenvalue weighted by Crippen LogP contribution is -2.31. The monoisotopic (exact) mass is 370 g/mol. The van der Waals surface area contributed by atoms with Crippen molar-refractivity contribution in [2.24, 2.45) is 0 Å². The molecule has 1 aromatic heterocycles. The summed E-state index contributed by atoms with van der Waals surface area (Å²) in [5.41, 5.74) is 1.63. The maximum Gasteiger partial charge on any atom is 0.261 e. The van der Waals surface area contributed by atoms with Crippen LogP contribution >= 0.6 is 0 Å². The van der Waals surface area contributed by atoms with Crippen LogP contribution in [-0.4, -0.2) is 46.5 Å². The third-order valence-electron chi connectivity index (χ3n) is 5.31. The first-order valence-corrected chi connectivity index (χ1v) is 10.1. The Bertz CT molecular complexity index is 823. The number of aryl methyl sites for hydroxylation is 2. The van der Waals surface area contributed by atoms with Crippen molar-refractivity contribution in [2.45, 2.75) is 52.0 Å². The number of amides is 1. The second kappa shape index (κ2) is 9.65. The van der Waals surface area contributed by atoms with Gasteiger partial charge in [0.05, 0.1) is 17.2 Å². The predicted octanol–water partition coefficient (Wildman–Crippen LogP) is 2.48. The minimum Gasteiger partial charge on any atom is -0.356 e. The molecule has 2 heterocycles. The van der Waals surface area contributed by atoms with Gasteiger partial charge in [0.2, 0.25) is 5.91 Å². The molecular formula is C21H30N4O2. The van der Waals surface area contributed by atoms with Gasteiger partial charge < -0.3 is 10.2 Å². The first-order valence-electron chi connectivity index (χ1n) is 10.1. The van der Waals surface area contributed by atoms with E-state index < -0.39 is 0 Å². The van der Waals surface area contributed by atoms with Crippen molar-refractivity contribution in [1.82, 2.24) is 19.8 Å². The molecule has 3 rings (SSSR count). The first kappa shape index (κ1) is 19.5. The number of carbonyl (C=O) groups is 1. The molecule has 1 aliphatic heterocycles. The third kappa shape index (κ3) is 5.39. The first-order chi connectivity index (χ1) is 13.1. The smallest absolute Gasteiger partial charge is 0.261 e. The van der Waals surface area contributed by atoms with Crippen LogP contribution in [0.15, 0.2) is 29.3 Å². The number of benzene rings is 1. The van der Waals surface area contributed by atoms with Gasteiger partial charge >= 0.3 is 0 Å². The van der Waals surface area contributed by atoms with E-state index in [1.54, 1.807) is 12.4 Å². The SMILES string of the molecule is Cc1cccc2c(=O)n(CCC(=O)NCCCN3CCCCCC3)cnc12. The van der Waals surface area contributed by atoms with Crippen LogP contribution in [0.1, 0.15) is 44.1 Å². The van der Waals surface area contributed by atoms with Gasteiger partial charge in [-0.25, -0.2) is 4.98 Å². The molecule has 2 aromatic rings. The van der Waals surface area contributed by atoms with E-state index in [0.29, 0.717) is 24.9 Å². The molecule has 1 aliphatic rings. The number of rotatable bonds is 7. The van der Waals surface area contributed by atoms with Crippen molar-refractivity contribution in [3.05, 3.63) is 40.4 Å². The Balaban J connectivity index is 1.43. The second-order valence-electron chi connectivity index (χ2n) is 7.42. The Labute approximate surface area is 160 Å². The lowest BCUT2D eigenvalue weighted by atomic mass is 10.1. The Morgan fingerprint density at radius 1 is 1.15 bits per heavy atom. The quantitative estimate of drug-likeness (QED) is 0.761. The maximum atomic E-state index is 12.5. The van der Waals surface area contributed by atoms with E-state index in [4.69, 9.17) is 0 Å². The van der Waals surface area contributed by atoms with Gasteiger partial charge in [0.15, 0.2) is 0 Å². The lowest BCUT2D eigenvalue weighted by Gasteiger charge is -2.19. The zero-order chi connectivity index (χ0) is 19.1. The number of carbonyl (C=O) groups excluding carboxylic acids is 1. The van der Waals surface area contributed by atoms with Crippen LogP contribution in [0, 0.1) is 6.92 Å². The van der Waals surface area contributed by atoms with Gasteiger partial charge in [-0.2, -0.15) is 0 Å². The summed E-state index contributed by atoms with van der Waals surface area (Å²) >= 11 is 0. The number of para-hydroxylation sites is 1. The summed E-state index contributed by atoms with van der Waals surface area (Å²) in [5, 5.41) is 3.58. The molecule has 1 saturated heterocycles. The summed E-state index contributed by atoms with van der Waals surface area (Å²) in [6.45, 7) is 6.41. The number of nitrogens with zero attached hydrogens (tertiary/aromatic N) is 3. The average Bonchev–Trinajstić information content (AvgIpc) is 2.94. The molecule has 0 spiro atoms. The van der Waals surface area contributed by atoms with E-state index in [9.17, 15) is 9.59 Å². The fourth-order valence-electron chi connectivity index (χ4n) is 3.70. The van der Waals surface area contributed by atoms with Crippen molar-refractivity contribution in [1.29, 1.82) is 0 Å². The zero-order valence-electron chi connectivity index (χ0n) is 16.2. The molecule has 1 fully saturated rings. The third-order valence-corrected chi connectivity index (χ3v) is 5.31. The highest BCUT2D eigenvalue weighted by atomic mass is 16.1. The van der Waals surface area contributed by atoms with Crippen LogP contribution in [0.3, 0.4) is 0 Å². The predicted molar refractivity (Wildman–Crippen MR) is 108 cm³/mol. The van der Waals surface area contributed by atoms with E-state index in [0.717, 1.165) is 24.0 Å². The van der Waals surface area contributed by atoms with Crippen molar-refractivity contribution in [2.75, 3.05) is 26.2 Å². The fourth-order valence-corrected chi connectivity index (χ4v) is 3.70. The standard InChI is InChI=1S/C21H30N4O2/c1-17-8-6-9-18-20(17)23-16-25(21(18)27)15-10-19(26)22-11-7-14-24-12-4-2-3-5-13-24/h6,8-9,16H,2-5,7,10-15H2,1H3,(H,22,26). The average molecular weight is 370 g/mol. The van der Waals surface area contributed by atoms with Crippen molar-refractivity contribution in [3.63, 3.8) is 0 Å². The Kier molecular flexibility index (Phi) is 6.98. The summed E-state index contributed by atoms with van der Waals surface area (Å²) in [6.07, 6.45) is 8.09. The van der Waals surface area contributed by atoms with E-state index in [1.807, 2.05) is 19.1 Å². The van der Waals surface area contributed by atoms with Gasteiger partial charge in [-0.1, -0.05) is 25.0 Å². The van der Waals surface area contributed by atoms with Gasteiger partial charge in [0, 0.05) is 19.5 Å². The number of likely N-dealkylation sites (tertiary alicyclic amines) is 1. The molecule has 6 nitrogen and oxygen atoms in total. The molecular weight excluding hydrogens is 340 g/mol. The highest BCUT2D eigenvalue weighted by Crippen LogP contribution is 2.11. The van der Waals surface area contributed by atoms with Crippen LogP contribution in [0.5, 0.6) is 0 Å². The number of hydrogen-bond donors (Lipinski definition) is 1. The van der Waals surface area contributed by atoms with Crippen LogP contribution in [0.4, 0.5) is 0 Å². The molecule has 1 N–H and O–H groups in total. The van der Waals surface area contributed by atoms with Crippen molar-refractivity contribution >= 4 is 16.8 Å². The van der Waals surface area contributed by atoms with Crippen molar-refractivity contribution in [3.8, 4) is 0 Å². The Morgan fingerprint density at radius 3 is 2.70 bits per heavy atom. The Hall–Kier alpha value is -2.21. The minimum absolute atomic E-state index is 0.0119. The largest absolute Gasteiger partial charge is 0.356 e. The summed E-state index contributed by atoms with van der Waals surface area (Å²) < 4.78 is 1.53. The van der Waals surface area contributed by atoms with Crippen LogP contribution < -0.4 is 10.9 Å². The molecule has 0 bridgehead atoms. The highest BCUT2D eigenvalue weighted by molar-refractivity contribution is 5.80. The zero-order valence-corrected chi connectivity index (χ0v) is 16.2. The highest BCUT2D eigenvalue weighted by Gasteiger charge is 2.10. The molecule has 0 atom stereocenters. The number of aromatic nitrogens is 2. The summed E-state index contributed by atoms with van der Waals surface area (Å²) in [5.74, 6) is -0.0119. The summed E-state index contributed by atoms with van der Waals surface area (Å²) in [4.78, 5) is 31.5. The molecule has 1 amide bonds. The van der Waals surface area contributed by atoms with E-state index in [1.165, 1.54) is 43.3 Å². The summed E-state index contributed by atoms with van der Waals surface area (Å²) in [7, 11) is 0. The second-order valence-corrected chi connectivity index (χ2v) is 7.42. The van der Waals surface area contributed by atoms with Crippen LogP contribution in [-0.2, 0) is 11.3 Å². The topological polar surface area (TPSA) is 67.2 Å². The molecule has 0 aliphatic carbocycles. The lowest BCUT2D eigenvalue weighted by molar-refractivity contribution is -0.121. The molecule has 1 aromatic carbocycles. The molecule has 0 unspecified atom stereocenters.